The summed E-state index contributed by atoms with van der Waals surface area (Å²) in [5.74, 6) is 1.58. The van der Waals surface area contributed by atoms with Gasteiger partial charge in [-0.2, -0.15) is 0 Å². The molecule has 0 aliphatic carbocycles. The van der Waals surface area contributed by atoms with Crippen LogP contribution in [0.15, 0.2) is 64.0 Å². The highest BCUT2D eigenvalue weighted by Crippen LogP contribution is 2.23. The van der Waals surface area contributed by atoms with Crippen LogP contribution in [0.1, 0.15) is 34.6 Å². The number of carbonyl (C=O) groups is 1. The van der Waals surface area contributed by atoms with Crippen molar-refractivity contribution in [3.05, 3.63) is 71.5 Å². The van der Waals surface area contributed by atoms with Gasteiger partial charge in [-0.15, -0.1) is 0 Å². The zero-order valence-electron chi connectivity index (χ0n) is 17.4. The lowest BCUT2D eigenvalue weighted by atomic mass is 10.1. The van der Waals surface area contributed by atoms with E-state index in [1.54, 1.807) is 26.0 Å². The van der Waals surface area contributed by atoms with Gasteiger partial charge >= 0.3 is 0 Å². The van der Waals surface area contributed by atoms with Crippen molar-refractivity contribution in [3.8, 4) is 0 Å². The minimum absolute atomic E-state index is 0.0111. The fourth-order valence-corrected chi connectivity index (χ4v) is 3.13. The topological polar surface area (TPSA) is 69.9 Å². The first-order valence-corrected chi connectivity index (χ1v) is 9.74. The van der Waals surface area contributed by atoms with E-state index in [9.17, 15) is 4.79 Å². The van der Waals surface area contributed by atoms with Crippen molar-refractivity contribution in [3.63, 3.8) is 0 Å². The van der Waals surface area contributed by atoms with Crippen LogP contribution in [0.2, 0.25) is 0 Å². The standard InChI is InChI=1S/C23H28N4O2/c1-16(21-15-18-9-5-6-11-20(18)29-21)26-23(24-2)25-13-12-17-8-7-10-19(14-17)22(28)27(3)4/h5-11,14-16H,12-13H2,1-4H3,(H2,24,25,26). The molecule has 6 nitrogen and oxygen atoms in total. The number of fused-ring (bicyclic) bond motifs is 1. The van der Waals surface area contributed by atoms with Gasteiger partial charge < -0.3 is 20.0 Å². The monoisotopic (exact) mass is 392 g/mol. The van der Waals surface area contributed by atoms with Gasteiger partial charge in [-0.1, -0.05) is 30.3 Å². The van der Waals surface area contributed by atoms with Crippen molar-refractivity contribution in [1.29, 1.82) is 0 Å². The molecule has 1 aromatic heterocycles. The normalized spacial score (nSPS) is 12.6. The lowest BCUT2D eigenvalue weighted by Gasteiger charge is -2.16. The van der Waals surface area contributed by atoms with Crippen LogP contribution >= 0.6 is 0 Å². The first kappa shape index (κ1) is 20.5. The highest BCUT2D eigenvalue weighted by Gasteiger charge is 2.13. The van der Waals surface area contributed by atoms with E-state index in [0.717, 1.165) is 28.7 Å². The van der Waals surface area contributed by atoms with Crippen molar-refractivity contribution < 1.29 is 9.21 Å². The van der Waals surface area contributed by atoms with Gasteiger partial charge in [0.1, 0.15) is 11.3 Å². The molecular formula is C23H28N4O2. The van der Waals surface area contributed by atoms with Crippen molar-refractivity contribution in [2.24, 2.45) is 4.99 Å². The maximum atomic E-state index is 12.1. The van der Waals surface area contributed by atoms with Gasteiger partial charge in [0.25, 0.3) is 5.91 Å². The molecule has 0 saturated heterocycles. The molecule has 0 saturated carbocycles. The number of aliphatic imine (C=N–C) groups is 1. The quantitative estimate of drug-likeness (QED) is 0.497. The molecule has 29 heavy (non-hydrogen) atoms. The number of furan rings is 1. The second-order valence-corrected chi connectivity index (χ2v) is 7.20. The molecule has 0 spiro atoms. The van der Waals surface area contributed by atoms with E-state index >= 15 is 0 Å². The molecule has 152 valence electrons. The average Bonchev–Trinajstić information content (AvgIpc) is 3.17. The maximum Gasteiger partial charge on any atom is 0.253 e. The molecule has 0 fully saturated rings. The van der Waals surface area contributed by atoms with E-state index < -0.39 is 0 Å². The van der Waals surface area contributed by atoms with Crippen LogP contribution in [0.25, 0.3) is 11.0 Å². The summed E-state index contributed by atoms with van der Waals surface area (Å²) in [6, 6.07) is 17.7. The Balaban J connectivity index is 1.55. The van der Waals surface area contributed by atoms with Crippen LogP contribution < -0.4 is 10.6 Å². The number of amides is 1. The van der Waals surface area contributed by atoms with Gasteiger partial charge in [0.15, 0.2) is 5.96 Å². The molecule has 1 unspecified atom stereocenters. The average molecular weight is 393 g/mol. The number of nitrogens with one attached hydrogen (secondary N) is 2. The Kier molecular flexibility index (Phi) is 6.54. The molecule has 3 rings (SSSR count). The van der Waals surface area contributed by atoms with Crippen LogP contribution in [0.3, 0.4) is 0 Å². The zero-order chi connectivity index (χ0) is 20.8. The molecule has 2 N–H and O–H groups in total. The summed E-state index contributed by atoms with van der Waals surface area (Å²) in [6.07, 6.45) is 0.786. The molecule has 0 radical (unpaired) electrons. The number of nitrogens with zero attached hydrogens (tertiary/aromatic N) is 2. The Hall–Kier alpha value is -3.28. The SMILES string of the molecule is CN=C(NCCc1cccc(C(=O)N(C)C)c1)NC(C)c1cc2ccccc2o1. The number of benzene rings is 2. The predicted octanol–water partition coefficient (Wildman–Crippen LogP) is 3.60. The number of para-hydroxylation sites is 1. The molecule has 1 atom stereocenters. The Labute approximate surface area is 171 Å². The number of guanidine groups is 1. The van der Waals surface area contributed by atoms with Crippen molar-refractivity contribution >= 4 is 22.8 Å². The highest BCUT2D eigenvalue weighted by molar-refractivity contribution is 5.94. The van der Waals surface area contributed by atoms with Gasteiger partial charge in [0, 0.05) is 38.6 Å². The fourth-order valence-electron chi connectivity index (χ4n) is 3.13. The first-order chi connectivity index (χ1) is 14.0. The summed E-state index contributed by atoms with van der Waals surface area (Å²) in [7, 11) is 5.27. The maximum absolute atomic E-state index is 12.1. The third-order valence-electron chi connectivity index (χ3n) is 4.73. The van der Waals surface area contributed by atoms with E-state index in [2.05, 4.69) is 15.6 Å². The zero-order valence-corrected chi connectivity index (χ0v) is 17.4. The van der Waals surface area contributed by atoms with Crippen molar-refractivity contribution in [2.45, 2.75) is 19.4 Å². The van der Waals surface area contributed by atoms with Gasteiger partial charge in [0.2, 0.25) is 0 Å². The largest absolute Gasteiger partial charge is 0.459 e. The van der Waals surface area contributed by atoms with E-state index in [1.807, 2.05) is 61.5 Å². The Morgan fingerprint density at radius 1 is 1.14 bits per heavy atom. The van der Waals surface area contributed by atoms with Crippen LogP contribution in [0.5, 0.6) is 0 Å². The third kappa shape index (κ3) is 5.16. The second-order valence-electron chi connectivity index (χ2n) is 7.20. The van der Waals surface area contributed by atoms with Crippen molar-refractivity contribution in [1.82, 2.24) is 15.5 Å². The lowest BCUT2D eigenvalue weighted by Crippen LogP contribution is -2.39. The van der Waals surface area contributed by atoms with Crippen LogP contribution in [0, 0.1) is 0 Å². The minimum atomic E-state index is -0.0189. The first-order valence-electron chi connectivity index (χ1n) is 9.74. The van der Waals surface area contributed by atoms with E-state index in [-0.39, 0.29) is 11.9 Å². The molecule has 1 heterocycles. The second kappa shape index (κ2) is 9.28. The summed E-state index contributed by atoms with van der Waals surface area (Å²) in [6.45, 7) is 2.74. The molecule has 6 heteroatoms. The summed E-state index contributed by atoms with van der Waals surface area (Å²) in [4.78, 5) is 18.0. The van der Waals surface area contributed by atoms with Gasteiger partial charge in [0.05, 0.1) is 6.04 Å². The van der Waals surface area contributed by atoms with Gasteiger partial charge in [-0.3, -0.25) is 9.79 Å². The minimum Gasteiger partial charge on any atom is -0.459 e. The third-order valence-corrected chi connectivity index (χ3v) is 4.73. The van der Waals surface area contributed by atoms with Crippen LogP contribution in [-0.2, 0) is 6.42 Å². The van der Waals surface area contributed by atoms with Gasteiger partial charge in [-0.25, -0.2) is 0 Å². The molecule has 0 aliphatic rings. The molecule has 2 aromatic carbocycles. The molecular weight excluding hydrogens is 364 g/mol. The van der Waals surface area contributed by atoms with E-state index in [4.69, 9.17) is 4.42 Å². The summed E-state index contributed by atoms with van der Waals surface area (Å²) in [5.41, 5.74) is 2.69. The Morgan fingerprint density at radius 2 is 1.93 bits per heavy atom. The van der Waals surface area contributed by atoms with E-state index in [0.29, 0.717) is 18.1 Å². The predicted molar refractivity (Wildman–Crippen MR) is 117 cm³/mol. The molecule has 0 aliphatic heterocycles. The number of hydrogen-bond acceptors (Lipinski definition) is 3. The van der Waals surface area contributed by atoms with E-state index in [1.165, 1.54) is 0 Å². The highest BCUT2D eigenvalue weighted by atomic mass is 16.3. The van der Waals surface area contributed by atoms with Gasteiger partial charge in [-0.05, 0) is 43.2 Å². The molecule has 3 aromatic rings. The summed E-state index contributed by atoms with van der Waals surface area (Å²) in [5, 5.41) is 7.77. The number of hydrogen-bond donors (Lipinski definition) is 2. The van der Waals surface area contributed by atoms with Crippen molar-refractivity contribution in [2.75, 3.05) is 27.7 Å². The smallest absolute Gasteiger partial charge is 0.253 e. The molecule has 0 bridgehead atoms. The summed E-state index contributed by atoms with van der Waals surface area (Å²) < 4.78 is 5.92. The molecule has 1 amide bonds. The fraction of sp³-hybridized carbons (Fsp3) is 0.304. The number of carbonyl (C=O) groups excluding carboxylic acids is 1. The Bertz CT molecular complexity index is 974. The summed E-state index contributed by atoms with van der Waals surface area (Å²) >= 11 is 0. The van der Waals surface area contributed by atoms with Crippen LogP contribution in [0.4, 0.5) is 0 Å². The number of rotatable bonds is 6. The van der Waals surface area contributed by atoms with Crippen LogP contribution in [-0.4, -0.2) is 44.5 Å². The Morgan fingerprint density at radius 3 is 2.66 bits per heavy atom. The lowest BCUT2D eigenvalue weighted by molar-refractivity contribution is 0.0827.